The summed E-state index contributed by atoms with van der Waals surface area (Å²) in [7, 11) is -4.09. The van der Waals surface area contributed by atoms with Gasteiger partial charge >= 0.3 is 13.8 Å². The Morgan fingerprint density at radius 1 is 1.06 bits per heavy atom. The summed E-state index contributed by atoms with van der Waals surface area (Å²) in [6.45, 7) is 4.30. The van der Waals surface area contributed by atoms with E-state index < -0.39 is 48.1 Å². The van der Waals surface area contributed by atoms with Gasteiger partial charge in [0.05, 0.1) is 34.4 Å². The van der Waals surface area contributed by atoms with Crippen LogP contribution in [-0.2, 0) is 10.7 Å². The van der Waals surface area contributed by atoms with E-state index in [4.69, 9.17) is 4.52 Å². The second-order valence-corrected chi connectivity index (χ2v) is 10.1. The summed E-state index contributed by atoms with van der Waals surface area (Å²) in [6, 6.07) is 3.83. The van der Waals surface area contributed by atoms with E-state index in [1.807, 2.05) is 0 Å². The number of fused-ring (bicyclic) bond motifs is 1. The summed E-state index contributed by atoms with van der Waals surface area (Å²) in [4.78, 5) is 17.8. The van der Waals surface area contributed by atoms with E-state index in [-0.39, 0.29) is 34.2 Å². The number of hydrogen-bond acceptors (Lipinski definition) is 4. The Kier molecular flexibility index (Phi) is 6.38. The van der Waals surface area contributed by atoms with Crippen LogP contribution in [-0.4, -0.2) is 25.9 Å². The zero-order valence-corrected chi connectivity index (χ0v) is 19.8. The Hall–Kier alpha value is -3.37. The number of alkyl halides is 3. The molecule has 2 aromatic heterocycles. The van der Waals surface area contributed by atoms with Crippen molar-refractivity contribution >= 4 is 13.2 Å². The zero-order valence-electron chi connectivity index (χ0n) is 18.9. The van der Waals surface area contributed by atoms with Gasteiger partial charge in [0.2, 0.25) is 0 Å². The molecule has 13 heteroatoms. The van der Waals surface area contributed by atoms with E-state index in [2.05, 4.69) is 9.97 Å². The SMILES string of the molecule is CC(C)c1nc2cnc(-c3ccc(F)c(C(F)(F)F)c3)cn2c1-c1c(F)cc(OP(C)(=O)O)cc1F. The Balaban J connectivity index is 1.94. The van der Waals surface area contributed by atoms with Crippen LogP contribution >= 0.6 is 7.60 Å². The number of halogens is 6. The monoisotopic (exact) mass is 529 g/mol. The highest BCUT2D eigenvalue weighted by molar-refractivity contribution is 7.52. The lowest BCUT2D eigenvalue weighted by molar-refractivity contribution is -0.139. The highest BCUT2D eigenvalue weighted by Crippen LogP contribution is 2.42. The molecular weight excluding hydrogens is 511 g/mol. The predicted molar refractivity (Wildman–Crippen MR) is 119 cm³/mol. The third-order valence-electron chi connectivity index (χ3n) is 5.18. The van der Waals surface area contributed by atoms with Gasteiger partial charge in [0.1, 0.15) is 23.2 Å². The fourth-order valence-corrected chi connectivity index (χ4v) is 4.20. The van der Waals surface area contributed by atoms with Crippen molar-refractivity contribution in [3.8, 4) is 28.3 Å². The second kappa shape index (κ2) is 8.94. The fraction of sp³-hybridized carbons (Fsp3) is 0.217. The molecule has 0 amide bonds. The van der Waals surface area contributed by atoms with E-state index >= 15 is 8.78 Å². The topological polar surface area (TPSA) is 76.7 Å². The van der Waals surface area contributed by atoms with E-state index in [1.165, 1.54) is 16.8 Å². The Bertz CT molecular complexity index is 1500. The summed E-state index contributed by atoms with van der Waals surface area (Å²) in [5, 5.41) is 0. The first kappa shape index (κ1) is 25.7. The summed E-state index contributed by atoms with van der Waals surface area (Å²) < 4.78 is 101. The van der Waals surface area contributed by atoms with Gasteiger partial charge in [0, 0.05) is 30.6 Å². The van der Waals surface area contributed by atoms with Crippen molar-refractivity contribution in [1.29, 1.82) is 0 Å². The molecule has 0 bridgehead atoms. The van der Waals surface area contributed by atoms with Gasteiger partial charge in [0.25, 0.3) is 0 Å². The molecule has 1 N–H and O–H groups in total. The van der Waals surface area contributed by atoms with Crippen LogP contribution in [0.3, 0.4) is 0 Å². The van der Waals surface area contributed by atoms with Crippen molar-refractivity contribution in [1.82, 2.24) is 14.4 Å². The highest BCUT2D eigenvalue weighted by atomic mass is 31.2. The first-order valence-corrected chi connectivity index (χ1v) is 12.4. The summed E-state index contributed by atoms with van der Waals surface area (Å²) in [5.41, 5.74) is -1.75. The van der Waals surface area contributed by atoms with Crippen molar-refractivity contribution in [3.05, 3.63) is 71.4 Å². The third-order valence-corrected chi connectivity index (χ3v) is 5.73. The molecule has 0 radical (unpaired) electrons. The molecule has 2 aromatic carbocycles. The van der Waals surface area contributed by atoms with Crippen LogP contribution in [0.1, 0.15) is 31.0 Å². The molecule has 0 aliphatic heterocycles. The molecule has 0 aliphatic rings. The number of hydrogen-bond donors (Lipinski definition) is 1. The molecular formula is C23H18F6N3O3P. The Morgan fingerprint density at radius 2 is 1.69 bits per heavy atom. The lowest BCUT2D eigenvalue weighted by Crippen LogP contribution is -2.08. The summed E-state index contributed by atoms with van der Waals surface area (Å²) >= 11 is 0. The molecule has 0 saturated heterocycles. The average Bonchev–Trinajstić information content (AvgIpc) is 3.10. The molecule has 2 heterocycles. The van der Waals surface area contributed by atoms with Crippen molar-refractivity contribution < 1.29 is 40.3 Å². The minimum absolute atomic E-state index is 0.0325. The van der Waals surface area contributed by atoms with Crippen molar-refractivity contribution in [3.63, 3.8) is 0 Å². The van der Waals surface area contributed by atoms with Crippen LogP contribution in [0.5, 0.6) is 5.75 Å². The van der Waals surface area contributed by atoms with Crippen molar-refractivity contribution in [2.45, 2.75) is 25.9 Å². The van der Waals surface area contributed by atoms with Crippen molar-refractivity contribution in [2.24, 2.45) is 0 Å². The molecule has 190 valence electrons. The Morgan fingerprint density at radius 3 is 2.25 bits per heavy atom. The predicted octanol–water partition coefficient (Wildman–Crippen LogP) is 6.82. The van der Waals surface area contributed by atoms with Gasteiger partial charge in [-0.1, -0.05) is 13.8 Å². The average molecular weight is 529 g/mol. The Labute approximate surface area is 200 Å². The molecule has 0 spiro atoms. The molecule has 4 aromatic rings. The van der Waals surface area contributed by atoms with Gasteiger partial charge in [-0.25, -0.2) is 22.7 Å². The normalized spacial score (nSPS) is 13.9. The quantitative estimate of drug-likeness (QED) is 0.227. The van der Waals surface area contributed by atoms with Gasteiger partial charge < -0.3 is 9.42 Å². The maximum Gasteiger partial charge on any atom is 0.419 e. The van der Waals surface area contributed by atoms with Crippen LogP contribution in [0.4, 0.5) is 26.3 Å². The van der Waals surface area contributed by atoms with Crippen molar-refractivity contribution in [2.75, 3.05) is 6.66 Å². The maximum absolute atomic E-state index is 15.2. The number of benzene rings is 2. The first-order valence-electron chi connectivity index (χ1n) is 10.4. The van der Waals surface area contributed by atoms with E-state index in [9.17, 15) is 27.0 Å². The number of rotatable bonds is 5. The van der Waals surface area contributed by atoms with Crippen LogP contribution in [0.15, 0.2) is 42.7 Å². The lowest BCUT2D eigenvalue weighted by Gasteiger charge is -2.14. The van der Waals surface area contributed by atoms with Crippen LogP contribution < -0.4 is 4.52 Å². The number of aromatic nitrogens is 3. The van der Waals surface area contributed by atoms with E-state index in [0.717, 1.165) is 24.9 Å². The second-order valence-electron chi connectivity index (χ2n) is 8.35. The smallest absolute Gasteiger partial charge is 0.419 e. The molecule has 36 heavy (non-hydrogen) atoms. The van der Waals surface area contributed by atoms with Gasteiger partial charge in [-0.05, 0) is 24.1 Å². The lowest BCUT2D eigenvalue weighted by atomic mass is 10.0. The molecule has 0 aliphatic carbocycles. The molecule has 1 atom stereocenters. The molecule has 4 rings (SSSR count). The molecule has 0 fully saturated rings. The molecule has 1 unspecified atom stereocenters. The van der Waals surface area contributed by atoms with Crippen LogP contribution in [0.25, 0.3) is 28.2 Å². The van der Waals surface area contributed by atoms with Gasteiger partial charge in [-0.3, -0.25) is 9.38 Å². The van der Waals surface area contributed by atoms with E-state index in [1.54, 1.807) is 13.8 Å². The first-order chi connectivity index (χ1) is 16.7. The van der Waals surface area contributed by atoms with E-state index in [0.29, 0.717) is 12.1 Å². The van der Waals surface area contributed by atoms with Gasteiger partial charge in [-0.2, -0.15) is 13.2 Å². The highest BCUT2D eigenvalue weighted by Gasteiger charge is 2.34. The standard InChI is InChI=1S/C23H18F6N3O3P/c1-11(2)21-22(20-16(25)7-13(8-17(20)26)35-36(3,33)34)32-10-18(30-9-19(32)31-21)12-4-5-15(24)14(6-12)23(27,28)29/h4-11H,1-3H3,(H,33,34). The molecule has 0 saturated carbocycles. The minimum atomic E-state index is -4.94. The van der Waals surface area contributed by atoms with Crippen LogP contribution in [0.2, 0.25) is 0 Å². The maximum atomic E-state index is 15.2. The fourth-order valence-electron chi connectivity index (χ4n) is 3.70. The zero-order chi connectivity index (χ0) is 26.6. The number of imidazole rings is 1. The minimum Gasteiger partial charge on any atom is -0.424 e. The third kappa shape index (κ3) is 4.96. The summed E-state index contributed by atoms with van der Waals surface area (Å²) in [5.74, 6) is -4.55. The van der Waals surface area contributed by atoms with Gasteiger partial charge in [-0.15, -0.1) is 0 Å². The molecule has 6 nitrogen and oxygen atoms in total. The summed E-state index contributed by atoms with van der Waals surface area (Å²) in [6.07, 6.45) is -2.48. The van der Waals surface area contributed by atoms with Crippen LogP contribution in [0, 0.1) is 17.5 Å². The largest absolute Gasteiger partial charge is 0.424 e. The number of nitrogens with zero attached hydrogens (tertiary/aromatic N) is 3. The van der Waals surface area contributed by atoms with Gasteiger partial charge in [0.15, 0.2) is 5.65 Å².